The Morgan fingerprint density at radius 2 is 1.29 bits per heavy atom. The molecule has 0 radical (unpaired) electrons. The summed E-state index contributed by atoms with van der Waals surface area (Å²) in [6.07, 6.45) is 0. The van der Waals surface area contributed by atoms with Crippen molar-refractivity contribution in [3.8, 4) is 0 Å². The molecule has 0 spiro atoms. The molecule has 0 aromatic heterocycles. The molecule has 1 saturated carbocycles. The van der Waals surface area contributed by atoms with Gasteiger partial charge in [-0.05, 0) is 29.8 Å². The molecule has 4 rings (SSSR count). The fraction of sp³-hybridized carbons (Fsp3) is 0.321. The van der Waals surface area contributed by atoms with Crippen LogP contribution in [0.5, 0.6) is 0 Å². The first-order valence-electron chi connectivity index (χ1n) is 11.3. The molecule has 160 valence electrons. The van der Waals surface area contributed by atoms with Gasteiger partial charge in [0.15, 0.2) is 0 Å². The molecule has 3 heteroatoms. The highest BCUT2D eigenvalue weighted by molar-refractivity contribution is 5.85. The zero-order chi connectivity index (χ0) is 21.7. The van der Waals surface area contributed by atoms with E-state index in [1.165, 1.54) is 16.7 Å². The fourth-order valence-electron chi connectivity index (χ4n) is 5.04. The second kappa shape index (κ2) is 9.49. The number of rotatable bonds is 9. The molecular weight excluding hydrogens is 382 g/mol. The third-order valence-corrected chi connectivity index (χ3v) is 6.67. The van der Waals surface area contributed by atoms with Crippen molar-refractivity contribution in [2.24, 2.45) is 5.92 Å². The molecule has 3 aromatic rings. The summed E-state index contributed by atoms with van der Waals surface area (Å²) in [5, 5.41) is 0. The van der Waals surface area contributed by atoms with Gasteiger partial charge in [-0.25, -0.2) is 0 Å². The van der Waals surface area contributed by atoms with Gasteiger partial charge < -0.3 is 9.64 Å². The number of carbonyl (C=O) groups is 1. The number of ether oxygens (including phenoxy) is 1. The smallest absolute Gasteiger partial charge is 0.310 e. The van der Waals surface area contributed by atoms with Gasteiger partial charge in [0, 0.05) is 17.9 Å². The Hall–Kier alpha value is -2.91. The summed E-state index contributed by atoms with van der Waals surface area (Å²) in [7, 11) is 0. The molecule has 0 saturated heterocycles. The standard InChI is InChI=1S/C28H31NO2/c1-3-29(4-2)20-21-31-27(30)26-25(22-14-8-5-9-15-22)28(26,23-16-10-6-11-17-23)24-18-12-7-13-19-24/h5-19,25-26H,3-4,20-21H2,1-2H3/t25-,26+/m0/s1. The first-order valence-corrected chi connectivity index (χ1v) is 11.3. The van der Waals surface area contributed by atoms with Crippen molar-refractivity contribution in [1.29, 1.82) is 0 Å². The van der Waals surface area contributed by atoms with Gasteiger partial charge in [0.25, 0.3) is 0 Å². The zero-order valence-electron chi connectivity index (χ0n) is 18.4. The molecule has 0 N–H and O–H groups in total. The van der Waals surface area contributed by atoms with Crippen LogP contribution in [-0.4, -0.2) is 37.1 Å². The van der Waals surface area contributed by atoms with Gasteiger partial charge in [0.05, 0.1) is 5.92 Å². The van der Waals surface area contributed by atoms with Crippen molar-refractivity contribution in [3.63, 3.8) is 0 Å². The van der Waals surface area contributed by atoms with Gasteiger partial charge in [0.1, 0.15) is 6.61 Å². The van der Waals surface area contributed by atoms with Crippen LogP contribution in [0, 0.1) is 5.92 Å². The van der Waals surface area contributed by atoms with Crippen LogP contribution in [-0.2, 0) is 14.9 Å². The minimum absolute atomic E-state index is 0.0550. The zero-order valence-corrected chi connectivity index (χ0v) is 18.4. The molecule has 0 bridgehead atoms. The summed E-state index contributed by atoms with van der Waals surface area (Å²) in [5.74, 6) is -0.287. The highest BCUT2D eigenvalue weighted by Gasteiger charge is 2.70. The van der Waals surface area contributed by atoms with Crippen LogP contribution in [0.1, 0.15) is 36.5 Å². The van der Waals surface area contributed by atoms with Gasteiger partial charge in [-0.2, -0.15) is 0 Å². The van der Waals surface area contributed by atoms with Crippen molar-refractivity contribution in [1.82, 2.24) is 4.90 Å². The minimum Gasteiger partial charge on any atom is -0.464 e. The van der Waals surface area contributed by atoms with E-state index in [1.807, 2.05) is 18.2 Å². The first-order chi connectivity index (χ1) is 15.2. The molecule has 1 aliphatic rings. The van der Waals surface area contributed by atoms with Crippen molar-refractivity contribution in [2.45, 2.75) is 25.2 Å². The topological polar surface area (TPSA) is 29.5 Å². The monoisotopic (exact) mass is 413 g/mol. The summed E-state index contributed by atoms with van der Waals surface area (Å²) in [6.45, 7) is 7.38. The van der Waals surface area contributed by atoms with Crippen molar-refractivity contribution < 1.29 is 9.53 Å². The number of hydrogen-bond donors (Lipinski definition) is 0. The van der Waals surface area contributed by atoms with E-state index in [-0.39, 0.29) is 17.8 Å². The maximum absolute atomic E-state index is 13.5. The first kappa shape index (κ1) is 21.3. The molecule has 0 unspecified atom stereocenters. The third-order valence-electron chi connectivity index (χ3n) is 6.67. The average molecular weight is 414 g/mol. The highest BCUT2D eigenvalue weighted by atomic mass is 16.5. The molecule has 3 nitrogen and oxygen atoms in total. The lowest BCUT2D eigenvalue weighted by Crippen LogP contribution is -2.28. The number of nitrogens with zero attached hydrogens (tertiary/aromatic N) is 1. The predicted octanol–water partition coefficient (Wildman–Crippen LogP) is 5.27. The van der Waals surface area contributed by atoms with Crippen LogP contribution in [0.3, 0.4) is 0 Å². The van der Waals surface area contributed by atoms with Crippen molar-refractivity contribution >= 4 is 5.97 Å². The second-order valence-corrected chi connectivity index (χ2v) is 8.16. The van der Waals surface area contributed by atoms with Gasteiger partial charge in [-0.15, -0.1) is 0 Å². The second-order valence-electron chi connectivity index (χ2n) is 8.16. The third kappa shape index (κ3) is 4.03. The number of likely N-dealkylation sites (N-methyl/N-ethyl adjacent to an activating group) is 1. The summed E-state index contributed by atoms with van der Waals surface area (Å²) < 4.78 is 5.87. The molecular formula is C28H31NO2. The van der Waals surface area contributed by atoms with Crippen LogP contribution < -0.4 is 0 Å². The number of esters is 1. The quantitative estimate of drug-likeness (QED) is 0.448. The molecule has 0 heterocycles. The average Bonchev–Trinajstić information content (AvgIpc) is 3.55. The lowest BCUT2D eigenvalue weighted by Gasteiger charge is -2.21. The SMILES string of the molecule is CCN(CC)CCOC(=O)[C@H]1[C@H](c2ccccc2)C1(c1ccccc1)c1ccccc1. The largest absolute Gasteiger partial charge is 0.464 e. The summed E-state index contributed by atoms with van der Waals surface area (Å²) >= 11 is 0. The van der Waals surface area contributed by atoms with Crippen LogP contribution in [0.4, 0.5) is 0 Å². The van der Waals surface area contributed by atoms with Crippen LogP contribution >= 0.6 is 0 Å². The Bertz CT molecular complexity index is 928. The predicted molar refractivity (Wildman–Crippen MR) is 125 cm³/mol. The molecule has 1 aliphatic carbocycles. The minimum atomic E-state index is -0.407. The van der Waals surface area contributed by atoms with E-state index in [4.69, 9.17) is 4.74 Å². The van der Waals surface area contributed by atoms with Gasteiger partial charge in [0.2, 0.25) is 0 Å². The lowest BCUT2D eigenvalue weighted by atomic mass is 9.83. The number of hydrogen-bond acceptors (Lipinski definition) is 3. The molecule has 3 aromatic carbocycles. The van der Waals surface area contributed by atoms with Crippen LogP contribution in [0.2, 0.25) is 0 Å². The lowest BCUT2D eigenvalue weighted by molar-refractivity contribution is -0.146. The van der Waals surface area contributed by atoms with E-state index in [2.05, 4.69) is 91.5 Å². The Morgan fingerprint density at radius 1 is 0.806 bits per heavy atom. The summed E-state index contributed by atoms with van der Waals surface area (Å²) in [6, 6.07) is 31.3. The summed E-state index contributed by atoms with van der Waals surface area (Å²) in [5.41, 5.74) is 3.11. The van der Waals surface area contributed by atoms with Crippen molar-refractivity contribution in [2.75, 3.05) is 26.2 Å². The van der Waals surface area contributed by atoms with E-state index in [0.717, 1.165) is 19.6 Å². The van der Waals surface area contributed by atoms with E-state index < -0.39 is 5.41 Å². The number of benzene rings is 3. The molecule has 31 heavy (non-hydrogen) atoms. The highest BCUT2D eigenvalue weighted by Crippen LogP contribution is 2.69. The van der Waals surface area contributed by atoms with Crippen molar-refractivity contribution in [3.05, 3.63) is 108 Å². The van der Waals surface area contributed by atoms with E-state index in [9.17, 15) is 4.79 Å². The Kier molecular flexibility index (Phi) is 6.53. The van der Waals surface area contributed by atoms with Crippen LogP contribution in [0.15, 0.2) is 91.0 Å². The Labute approximate surface area is 185 Å². The van der Waals surface area contributed by atoms with E-state index in [0.29, 0.717) is 6.61 Å². The number of carbonyl (C=O) groups excluding carboxylic acids is 1. The molecule has 0 aliphatic heterocycles. The normalized spacial score (nSPS) is 19.2. The molecule has 1 fully saturated rings. The van der Waals surface area contributed by atoms with Crippen LogP contribution in [0.25, 0.3) is 0 Å². The maximum atomic E-state index is 13.5. The Morgan fingerprint density at radius 3 is 1.77 bits per heavy atom. The maximum Gasteiger partial charge on any atom is 0.310 e. The van der Waals surface area contributed by atoms with Gasteiger partial charge in [-0.3, -0.25) is 4.79 Å². The molecule has 0 amide bonds. The summed E-state index contributed by atoms with van der Waals surface area (Å²) in [4.78, 5) is 15.7. The van der Waals surface area contributed by atoms with Gasteiger partial charge >= 0.3 is 5.97 Å². The Balaban J connectivity index is 1.71. The molecule has 2 atom stereocenters. The van der Waals surface area contributed by atoms with Gasteiger partial charge in [-0.1, -0.05) is 105 Å². The fourth-order valence-corrected chi connectivity index (χ4v) is 5.04. The van der Waals surface area contributed by atoms with E-state index in [1.54, 1.807) is 0 Å². The van der Waals surface area contributed by atoms with E-state index >= 15 is 0 Å².